The molecule has 8 rings (SSSR count). The van der Waals surface area contributed by atoms with E-state index in [2.05, 4.69) is 53.9 Å². The number of rotatable bonds is 7. The summed E-state index contributed by atoms with van der Waals surface area (Å²) in [6.45, 7) is 0. The van der Waals surface area contributed by atoms with Crippen molar-refractivity contribution < 1.29 is 0 Å². The van der Waals surface area contributed by atoms with Crippen LogP contribution in [0.3, 0.4) is 0 Å². The lowest BCUT2D eigenvalue weighted by Gasteiger charge is -2.28. The second-order valence-electron chi connectivity index (χ2n) is 11.7. The van der Waals surface area contributed by atoms with Gasteiger partial charge < -0.3 is 5.32 Å². The lowest BCUT2D eigenvalue weighted by atomic mass is 9.85. The first-order chi connectivity index (χ1) is 24.2. The van der Waals surface area contributed by atoms with Gasteiger partial charge in [-0.25, -0.2) is 15.0 Å². The Morgan fingerprint density at radius 2 is 0.918 bits per heavy atom. The van der Waals surface area contributed by atoms with Gasteiger partial charge in [-0.15, -0.1) is 0 Å². The van der Waals surface area contributed by atoms with Crippen LogP contribution in [0, 0.1) is 5.41 Å². The molecule has 5 nitrogen and oxygen atoms in total. The summed E-state index contributed by atoms with van der Waals surface area (Å²) in [5.41, 5.74) is 10.3. The van der Waals surface area contributed by atoms with Crippen LogP contribution < -0.4 is 5.32 Å². The molecule has 1 aliphatic heterocycles. The van der Waals surface area contributed by atoms with Gasteiger partial charge in [0.15, 0.2) is 17.5 Å². The molecule has 6 aromatic carbocycles. The fraction of sp³-hybridized carbons (Fsp3) is 0. The SMILES string of the molecule is N=C(/C(=C1\NC(c2ccccc2)=Cc2cccc(-c3nc(-c4ccccc4)nc(-c4ccccc4)n3)c21)c1ccccc1)c1ccccc1. The number of benzene rings is 6. The van der Waals surface area contributed by atoms with Gasteiger partial charge in [0.05, 0.1) is 11.4 Å². The zero-order chi connectivity index (χ0) is 33.0. The Bertz CT molecular complexity index is 2270. The lowest BCUT2D eigenvalue weighted by Crippen LogP contribution is -2.21. The maximum Gasteiger partial charge on any atom is 0.164 e. The molecular formula is C44H31N5. The first-order valence-electron chi connectivity index (χ1n) is 16.2. The zero-order valence-electron chi connectivity index (χ0n) is 26.6. The minimum absolute atomic E-state index is 0.412. The van der Waals surface area contributed by atoms with Crippen molar-refractivity contribution in [3.63, 3.8) is 0 Å². The third kappa shape index (κ3) is 5.97. The van der Waals surface area contributed by atoms with Crippen LogP contribution in [-0.4, -0.2) is 20.7 Å². The maximum absolute atomic E-state index is 9.68. The van der Waals surface area contributed by atoms with Crippen molar-refractivity contribution in [2.24, 2.45) is 0 Å². The molecule has 1 aromatic heterocycles. The molecule has 49 heavy (non-hydrogen) atoms. The van der Waals surface area contributed by atoms with E-state index in [4.69, 9.17) is 15.0 Å². The predicted octanol–water partition coefficient (Wildman–Crippen LogP) is 9.91. The van der Waals surface area contributed by atoms with Crippen LogP contribution in [0.15, 0.2) is 170 Å². The normalized spacial score (nSPS) is 13.1. The van der Waals surface area contributed by atoms with Gasteiger partial charge in [0.25, 0.3) is 0 Å². The van der Waals surface area contributed by atoms with Crippen LogP contribution in [0.2, 0.25) is 0 Å². The van der Waals surface area contributed by atoms with E-state index in [0.29, 0.717) is 23.2 Å². The molecule has 7 aromatic rings. The highest BCUT2D eigenvalue weighted by atomic mass is 15.0. The number of allylic oxidation sites excluding steroid dienone is 1. The molecule has 0 bridgehead atoms. The van der Waals surface area contributed by atoms with Crippen LogP contribution in [-0.2, 0) is 0 Å². The van der Waals surface area contributed by atoms with Crippen molar-refractivity contribution in [2.75, 3.05) is 0 Å². The van der Waals surface area contributed by atoms with Gasteiger partial charge in [-0.05, 0) is 22.8 Å². The molecule has 0 saturated carbocycles. The van der Waals surface area contributed by atoms with Crippen molar-refractivity contribution in [2.45, 2.75) is 0 Å². The Morgan fingerprint density at radius 3 is 1.47 bits per heavy atom. The van der Waals surface area contributed by atoms with E-state index in [1.54, 1.807) is 0 Å². The molecule has 0 spiro atoms. The van der Waals surface area contributed by atoms with Crippen LogP contribution in [0.4, 0.5) is 0 Å². The second-order valence-corrected chi connectivity index (χ2v) is 11.7. The van der Waals surface area contributed by atoms with Crippen LogP contribution >= 0.6 is 0 Å². The van der Waals surface area contributed by atoms with Crippen molar-refractivity contribution in [3.05, 3.63) is 198 Å². The third-order valence-corrected chi connectivity index (χ3v) is 8.56. The van der Waals surface area contributed by atoms with E-state index in [1.165, 1.54) is 0 Å². The Hall–Kier alpha value is -6.72. The predicted molar refractivity (Wildman–Crippen MR) is 200 cm³/mol. The number of hydrogen-bond acceptors (Lipinski definition) is 5. The Morgan fingerprint density at radius 1 is 0.449 bits per heavy atom. The van der Waals surface area contributed by atoms with Crippen LogP contribution in [0.5, 0.6) is 0 Å². The minimum atomic E-state index is 0.412. The number of fused-ring (bicyclic) bond motifs is 1. The molecule has 0 atom stereocenters. The summed E-state index contributed by atoms with van der Waals surface area (Å²) in [7, 11) is 0. The summed E-state index contributed by atoms with van der Waals surface area (Å²) in [6, 6.07) is 56.6. The Balaban J connectivity index is 1.44. The molecule has 1 aliphatic rings. The van der Waals surface area contributed by atoms with Crippen LogP contribution in [0.1, 0.15) is 27.8 Å². The smallest absolute Gasteiger partial charge is 0.164 e. The fourth-order valence-electron chi connectivity index (χ4n) is 6.20. The molecule has 2 heterocycles. The summed E-state index contributed by atoms with van der Waals surface area (Å²) >= 11 is 0. The van der Waals surface area contributed by atoms with Gasteiger partial charge in [0, 0.05) is 39.1 Å². The molecular weight excluding hydrogens is 599 g/mol. The zero-order valence-corrected chi connectivity index (χ0v) is 26.6. The number of nitrogens with one attached hydrogen (secondary N) is 2. The summed E-state index contributed by atoms with van der Waals surface area (Å²) in [5, 5.41) is 13.5. The van der Waals surface area contributed by atoms with Crippen molar-refractivity contribution >= 4 is 28.8 Å². The molecule has 0 fully saturated rings. The quantitative estimate of drug-likeness (QED) is 0.172. The summed E-state index contributed by atoms with van der Waals surface area (Å²) in [4.78, 5) is 15.2. The highest BCUT2D eigenvalue weighted by Gasteiger charge is 2.27. The van der Waals surface area contributed by atoms with Crippen molar-refractivity contribution in [3.8, 4) is 34.2 Å². The molecule has 0 unspecified atom stereocenters. The molecule has 232 valence electrons. The molecule has 0 aliphatic carbocycles. The van der Waals surface area contributed by atoms with E-state index in [-0.39, 0.29) is 0 Å². The molecule has 0 amide bonds. The first kappa shape index (κ1) is 29.7. The highest BCUT2D eigenvalue weighted by molar-refractivity contribution is 6.36. The van der Waals surface area contributed by atoms with Crippen LogP contribution in [0.25, 0.3) is 57.2 Å². The summed E-state index contributed by atoms with van der Waals surface area (Å²) in [6.07, 6.45) is 2.17. The number of hydrogen-bond donors (Lipinski definition) is 2. The first-order valence-corrected chi connectivity index (χ1v) is 16.2. The topological polar surface area (TPSA) is 74.6 Å². The van der Waals surface area contributed by atoms with Crippen molar-refractivity contribution in [1.29, 1.82) is 5.41 Å². The van der Waals surface area contributed by atoms with Gasteiger partial charge in [0.2, 0.25) is 0 Å². The van der Waals surface area contributed by atoms with E-state index >= 15 is 0 Å². The maximum atomic E-state index is 9.68. The van der Waals surface area contributed by atoms with Gasteiger partial charge in [-0.1, -0.05) is 170 Å². The monoisotopic (exact) mass is 629 g/mol. The largest absolute Gasteiger partial charge is 0.354 e. The third-order valence-electron chi connectivity index (χ3n) is 8.56. The average Bonchev–Trinajstić information content (AvgIpc) is 3.19. The molecule has 2 N–H and O–H groups in total. The number of aromatic nitrogens is 3. The number of nitrogens with zero attached hydrogens (tertiary/aromatic N) is 3. The van der Waals surface area contributed by atoms with Gasteiger partial charge in [-0.3, -0.25) is 5.41 Å². The summed E-state index contributed by atoms with van der Waals surface area (Å²) in [5.74, 6) is 1.74. The van der Waals surface area contributed by atoms with E-state index in [0.717, 1.165) is 61.5 Å². The standard InChI is InChI=1S/C44H31N5/c45-40(32-21-10-3-11-22-32)39(31-19-8-2-9-20-31)41-38-35(29-37(46-41)30-17-6-1-7-18-30)27-16-28-36(38)44-48-42(33-23-12-4-13-24-33)47-43(49-44)34-25-14-5-15-26-34/h1-29,45-46H/b41-39-,45-40?. The van der Waals surface area contributed by atoms with Gasteiger partial charge >= 0.3 is 0 Å². The molecule has 5 heteroatoms. The van der Waals surface area contributed by atoms with E-state index < -0.39 is 0 Å². The van der Waals surface area contributed by atoms with Crippen molar-refractivity contribution in [1.82, 2.24) is 20.3 Å². The van der Waals surface area contributed by atoms with E-state index in [9.17, 15) is 5.41 Å². The summed E-state index contributed by atoms with van der Waals surface area (Å²) < 4.78 is 0. The Labute approximate surface area is 285 Å². The lowest BCUT2D eigenvalue weighted by molar-refractivity contribution is 1.07. The van der Waals surface area contributed by atoms with Gasteiger partial charge in [-0.2, -0.15) is 0 Å². The Kier molecular flexibility index (Phi) is 7.98. The highest BCUT2D eigenvalue weighted by Crippen LogP contribution is 2.41. The fourth-order valence-corrected chi connectivity index (χ4v) is 6.20. The van der Waals surface area contributed by atoms with Gasteiger partial charge in [0.1, 0.15) is 0 Å². The average molecular weight is 630 g/mol. The minimum Gasteiger partial charge on any atom is -0.354 e. The van der Waals surface area contributed by atoms with E-state index in [1.807, 2.05) is 127 Å². The molecule has 0 radical (unpaired) electrons. The second kappa shape index (κ2) is 13.2. The molecule has 0 saturated heterocycles.